The lowest BCUT2D eigenvalue weighted by Gasteiger charge is -2.12. The minimum Gasteiger partial charge on any atom is -0.465 e. The van der Waals surface area contributed by atoms with Crippen molar-refractivity contribution in [2.75, 3.05) is 11.9 Å². The van der Waals surface area contributed by atoms with Crippen LogP contribution in [0.1, 0.15) is 11.1 Å². The molecule has 6 N–H and O–H groups in total. The maximum atomic E-state index is 11.7. The van der Waals surface area contributed by atoms with Gasteiger partial charge in [-0.15, -0.1) is 0 Å². The first-order valence-electron chi connectivity index (χ1n) is 8.79. The monoisotopic (exact) mass is 412 g/mol. The number of pyridine rings is 1. The van der Waals surface area contributed by atoms with E-state index in [2.05, 4.69) is 25.9 Å². The van der Waals surface area contributed by atoms with Gasteiger partial charge in [0.25, 0.3) is 0 Å². The van der Waals surface area contributed by atoms with Gasteiger partial charge in [-0.1, -0.05) is 12.1 Å². The molecule has 0 radical (unpaired) electrons. The molecule has 0 aliphatic carbocycles. The quantitative estimate of drug-likeness (QED) is 0.327. The normalized spacial score (nSPS) is 10.3. The molecule has 2 amide bonds. The highest BCUT2D eigenvalue weighted by atomic mass is 32.1. The Hall–Kier alpha value is -3.66. The number of nitrogens with one attached hydrogen (secondary N) is 5. The Labute approximate surface area is 171 Å². The third-order valence-corrected chi connectivity index (χ3v) is 4.34. The summed E-state index contributed by atoms with van der Waals surface area (Å²) >= 11 is 5.34. The molecule has 9 nitrogen and oxygen atoms in total. The number of aromatic amines is 1. The van der Waals surface area contributed by atoms with E-state index in [9.17, 15) is 9.59 Å². The lowest BCUT2D eigenvalue weighted by Crippen LogP contribution is -2.34. The average molecular weight is 412 g/mol. The zero-order valence-electron chi connectivity index (χ0n) is 15.4. The molecular formula is C19H20N6O3S. The second kappa shape index (κ2) is 9.51. The summed E-state index contributed by atoms with van der Waals surface area (Å²) in [6.07, 6.45) is 2.35. The molecule has 3 aromatic rings. The molecular weight excluding hydrogens is 392 g/mol. The highest BCUT2D eigenvalue weighted by Crippen LogP contribution is 2.14. The summed E-state index contributed by atoms with van der Waals surface area (Å²) in [5.74, 6) is -0.442. The highest BCUT2D eigenvalue weighted by molar-refractivity contribution is 7.80. The zero-order valence-corrected chi connectivity index (χ0v) is 16.2. The van der Waals surface area contributed by atoms with Gasteiger partial charge in [0.15, 0.2) is 5.11 Å². The fourth-order valence-electron chi connectivity index (χ4n) is 2.71. The summed E-state index contributed by atoms with van der Waals surface area (Å²) in [7, 11) is 0. The van der Waals surface area contributed by atoms with Crippen LogP contribution in [-0.2, 0) is 17.9 Å². The second-order valence-corrected chi connectivity index (χ2v) is 6.56. The molecule has 0 aliphatic heterocycles. The van der Waals surface area contributed by atoms with Crippen molar-refractivity contribution in [2.45, 2.75) is 13.1 Å². The Bertz CT molecular complexity index is 1040. The van der Waals surface area contributed by atoms with Gasteiger partial charge in [-0.2, -0.15) is 0 Å². The van der Waals surface area contributed by atoms with Crippen molar-refractivity contribution in [1.29, 1.82) is 0 Å². The van der Waals surface area contributed by atoms with Crippen LogP contribution in [0.3, 0.4) is 0 Å². The molecule has 0 aliphatic rings. The van der Waals surface area contributed by atoms with E-state index < -0.39 is 12.0 Å². The highest BCUT2D eigenvalue weighted by Gasteiger charge is 2.06. The van der Waals surface area contributed by atoms with Crippen molar-refractivity contribution < 1.29 is 14.7 Å². The fourth-order valence-corrected chi connectivity index (χ4v) is 2.86. The smallest absolute Gasteiger partial charge is 0.405 e. The van der Waals surface area contributed by atoms with Gasteiger partial charge >= 0.3 is 6.09 Å². The largest absolute Gasteiger partial charge is 0.465 e. The maximum Gasteiger partial charge on any atom is 0.405 e. The van der Waals surface area contributed by atoms with Crippen molar-refractivity contribution in [1.82, 2.24) is 25.9 Å². The molecule has 0 saturated heterocycles. The molecule has 0 saturated carbocycles. The lowest BCUT2D eigenvalue weighted by molar-refractivity contribution is -0.115. The standard InChI is InChI=1S/C19H20N6O3S/c26-16(11-24-19(27)28)25-14-3-1-2-12(8-14)9-22-18(29)23-10-13-4-6-20-17-15(13)5-7-21-17/h1-8,24H,9-11H2,(H,20,21)(H,25,26)(H,27,28)(H2,22,23,29). The van der Waals surface area contributed by atoms with Crippen molar-refractivity contribution in [3.05, 3.63) is 59.9 Å². The fraction of sp³-hybridized carbons (Fsp3) is 0.158. The summed E-state index contributed by atoms with van der Waals surface area (Å²) < 4.78 is 0. The van der Waals surface area contributed by atoms with Crippen LogP contribution in [0.25, 0.3) is 11.0 Å². The minimum atomic E-state index is -1.25. The number of fused-ring (bicyclic) bond motifs is 1. The summed E-state index contributed by atoms with van der Waals surface area (Å²) in [5, 5.41) is 21.0. The molecule has 2 heterocycles. The Balaban J connectivity index is 1.48. The average Bonchev–Trinajstić information content (AvgIpc) is 3.19. The van der Waals surface area contributed by atoms with E-state index in [4.69, 9.17) is 17.3 Å². The molecule has 0 unspecified atom stereocenters. The van der Waals surface area contributed by atoms with Crippen LogP contribution in [0.2, 0.25) is 0 Å². The molecule has 150 valence electrons. The van der Waals surface area contributed by atoms with Gasteiger partial charge in [0.05, 0.1) is 0 Å². The number of carbonyl (C=O) groups excluding carboxylic acids is 1. The van der Waals surface area contributed by atoms with Gasteiger partial charge in [-0.05, 0) is 47.6 Å². The number of H-pyrrole nitrogens is 1. The first kappa shape index (κ1) is 20.1. The van der Waals surface area contributed by atoms with E-state index in [-0.39, 0.29) is 6.54 Å². The Morgan fingerprint density at radius 3 is 2.76 bits per heavy atom. The van der Waals surface area contributed by atoms with Crippen LogP contribution < -0.4 is 21.3 Å². The van der Waals surface area contributed by atoms with Crippen molar-refractivity contribution in [2.24, 2.45) is 0 Å². The molecule has 0 bridgehead atoms. The van der Waals surface area contributed by atoms with Gasteiger partial charge in [0.2, 0.25) is 5.91 Å². The van der Waals surface area contributed by atoms with Crippen LogP contribution in [0, 0.1) is 0 Å². The number of nitrogens with zero attached hydrogens (tertiary/aromatic N) is 1. The number of aromatic nitrogens is 2. The molecule has 3 rings (SSSR count). The summed E-state index contributed by atoms with van der Waals surface area (Å²) in [4.78, 5) is 29.5. The molecule has 0 spiro atoms. The molecule has 0 atom stereocenters. The number of rotatable bonds is 7. The van der Waals surface area contributed by atoms with Gasteiger partial charge in [-0.3, -0.25) is 4.79 Å². The lowest BCUT2D eigenvalue weighted by atomic mass is 10.2. The van der Waals surface area contributed by atoms with Crippen molar-refractivity contribution in [3.8, 4) is 0 Å². The summed E-state index contributed by atoms with van der Waals surface area (Å²) in [6, 6.07) is 11.1. The maximum absolute atomic E-state index is 11.7. The van der Waals surface area contributed by atoms with E-state index in [1.807, 2.05) is 29.7 Å². The zero-order chi connectivity index (χ0) is 20.6. The molecule has 2 aromatic heterocycles. The summed E-state index contributed by atoms with van der Waals surface area (Å²) in [6.45, 7) is 0.726. The topological polar surface area (TPSA) is 131 Å². The molecule has 0 fully saturated rings. The molecule has 10 heteroatoms. The predicted octanol–water partition coefficient (Wildman–Crippen LogP) is 1.93. The third kappa shape index (κ3) is 5.91. The Morgan fingerprint density at radius 2 is 1.93 bits per heavy atom. The number of hydrogen-bond donors (Lipinski definition) is 6. The molecule has 1 aromatic carbocycles. The Morgan fingerprint density at radius 1 is 1.10 bits per heavy atom. The third-order valence-electron chi connectivity index (χ3n) is 4.05. The van der Waals surface area contributed by atoms with Crippen LogP contribution in [0.15, 0.2) is 48.8 Å². The summed E-state index contributed by atoms with van der Waals surface area (Å²) in [5.41, 5.74) is 3.41. The minimum absolute atomic E-state index is 0.310. The number of carboxylic acid groups (broad SMARTS) is 1. The van der Waals surface area contributed by atoms with Gasteiger partial charge < -0.3 is 31.4 Å². The van der Waals surface area contributed by atoms with Crippen molar-refractivity contribution in [3.63, 3.8) is 0 Å². The van der Waals surface area contributed by atoms with Crippen LogP contribution in [0.4, 0.5) is 10.5 Å². The predicted molar refractivity (Wildman–Crippen MR) is 113 cm³/mol. The van der Waals surface area contributed by atoms with E-state index >= 15 is 0 Å². The number of carbonyl (C=O) groups is 2. The first-order valence-corrected chi connectivity index (χ1v) is 9.20. The number of anilines is 1. The van der Waals surface area contributed by atoms with E-state index in [1.165, 1.54) is 0 Å². The number of hydrogen-bond acceptors (Lipinski definition) is 4. The van der Waals surface area contributed by atoms with Crippen LogP contribution >= 0.6 is 12.2 Å². The van der Waals surface area contributed by atoms with Gasteiger partial charge in [-0.25, -0.2) is 9.78 Å². The molecule has 29 heavy (non-hydrogen) atoms. The van der Waals surface area contributed by atoms with E-state index in [0.29, 0.717) is 23.9 Å². The second-order valence-electron chi connectivity index (χ2n) is 6.15. The van der Waals surface area contributed by atoms with E-state index in [0.717, 1.165) is 22.2 Å². The van der Waals surface area contributed by atoms with Crippen LogP contribution in [0.5, 0.6) is 0 Å². The first-order chi connectivity index (χ1) is 14.0. The van der Waals surface area contributed by atoms with Crippen LogP contribution in [-0.4, -0.2) is 38.7 Å². The number of amides is 2. The SMILES string of the molecule is O=C(O)NCC(=O)Nc1cccc(CNC(=S)NCc2ccnc3[nH]ccc23)c1. The van der Waals surface area contributed by atoms with Gasteiger partial charge in [0, 0.05) is 36.6 Å². The number of thiocarbonyl (C=S) groups is 1. The van der Waals surface area contributed by atoms with Gasteiger partial charge in [0.1, 0.15) is 12.2 Å². The Kier molecular flexibility index (Phi) is 6.59. The number of benzene rings is 1. The van der Waals surface area contributed by atoms with Crippen molar-refractivity contribution >= 4 is 46.1 Å². The van der Waals surface area contributed by atoms with E-state index in [1.54, 1.807) is 24.4 Å².